The molecule has 2 aromatic rings. The number of rotatable bonds is 3. The summed E-state index contributed by atoms with van der Waals surface area (Å²) in [6.45, 7) is 6.08. The molecule has 0 radical (unpaired) electrons. The first-order chi connectivity index (χ1) is 8.90. The van der Waals surface area contributed by atoms with Crippen molar-refractivity contribution in [2.75, 3.05) is 0 Å². The van der Waals surface area contributed by atoms with E-state index in [9.17, 15) is 4.79 Å². The summed E-state index contributed by atoms with van der Waals surface area (Å²) >= 11 is 0. The molecule has 0 saturated heterocycles. The number of carbonyl (C=O) groups is 1. The lowest BCUT2D eigenvalue weighted by atomic mass is 9.98. The standard InChI is InChI=1S/C15H18N2O2/c1-9-5-6-12(7-10(9)2)15-11(3)17(4)16-13(15)8-14(18)19/h5-7H,8H2,1-4H3,(H,18,19). The molecule has 2 rings (SSSR count). The van der Waals surface area contributed by atoms with Crippen molar-refractivity contribution in [1.82, 2.24) is 9.78 Å². The van der Waals surface area contributed by atoms with Crippen LogP contribution in [0.5, 0.6) is 0 Å². The molecule has 1 aromatic heterocycles. The third-order valence-corrected chi connectivity index (χ3v) is 3.52. The van der Waals surface area contributed by atoms with E-state index in [0.717, 1.165) is 16.8 Å². The topological polar surface area (TPSA) is 55.1 Å². The van der Waals surface area contributed by atoms with Gasteiger partial charge in [-0.25, -0.2) is 0 Å². The molecule has 1 N–H and O–H groups in total. The fourth-order valence-corrected chi connectivity index (χ4v) is 2.22. The number of carboxylic acid groups (broad SMARTS) is 1. The van der Waals surface area contributed by atoms with Gasteiger partial charge in [0, 0.05) is 18.3 Å². The van der Waals surface area contributed by atoms with Gasteiger partial charge < -0.3 is 5.11 Å². The normalized spacial score (nSPS) is 10.7. The fraction of sp³-hybridized carbons (Fsp3) is 0.333. The van der Waals surface area contributed by atoms with E-state index >= 15 is 0 Å². The Balaban J connectivity index is 2.59. The maximum Gasteiger partial charge on any atom is 0.309 e. The third-order valence-electron chi connectivity index (χ3n) is 3.52. The number of benzene rings is 1. The number of hydrogen-bond donors (Lipinski definition) is 1. The van der Waals surface area contributed by atoms with Gasteiger partial charge in [0.05, 0.1) is 12.1 Å². The van der Waals surface area contributed by atoms with Gasteiger partial charge in [0.2, 0.25) is 0 Å². The molecule has 0 bridgehead atoms. The van der Waals surface area contributed by atoms with Gasteiger partial charge in [0.25, 0.3) is 0 Å². The van der Waals surface area contributed by atoms with Gasteiger partial charge in [-0.15, -0.1) is 0 Å². The van der Waals surface area contributed by atoms with Crippen LogP contribution >= 0.6 is 0 Å². The number of aryl methyl sites for hydroxylation is 3. The van der Waals surface area contributed by atoms with Crippen LogP contribution in [0, 0.1) is 20.8 Å². The maximum atomic E-state index is 10.9. The zero-order valence-corrected chi connectivity index (χ0v) is 11.7. The fourth-order valence-electron chi connectivity index (χ4n) is 2.22. The average Bonchev–Trinajstić information content (AvgIpc) is 2.58. The van der Waals surface area contributed by atoms with Crippen LogP contribution in [0.25, 0.3) is 11.1 Å². The molecular weight excluding hydrogens is 240 g/mol. The molecule has 19 heavy (non-hydrogen) atoms. The Kier molecular flexibility index (Phi) is 3.42. The second-order valence-corrected chi connectivity index (χ2v) is 4.90. The zero-order valence-electron chi connectivity index (χ0n) is 11.7. The Morgan fingerprint density at radius 1 is 1.26 bits per heavy atom. The molecule has 4 heteroatoms. The van der Waals surface area contributed by atoms with Gasteiger partial charge in [-0.2, -0.15) is 5.10 Å². The van der Waals surface area contributed by atoms with Crippen molar-refractivity contribution < 1.29 is 9.90 Å². The number of aromatic nitrogens is 2. The minimum atomic E-state index is -0.858. The summed E-state index contributed by atoms with van der Waals surface area (Å²) in [5.41, 5.74) is 6.00. The third kappa shape index (κ3) is 2.52. The molecule has 1 heterocycles. The van der Waals surface area contributed by atoms with E-state index in [1.54, 1.807) is 4.68 Å². The summed E-state index contributed by atoms with van der Waals surface area (Å²) < 4.78 is 1.74. The summed E-state index contributed by atoms with van der Waals surface area (Å²) in [5, 5.41) is 13.3. The van der Waals surface area contributed by atoms with Crippen LogP contribution in [0.15, 0.2) is 18.2 Å². The Hall–Kier alpha value is -2.10. The highest BCUT2D eigenvalue weighted by atomic mass is 16.4. The summed E-state index contributed by atoms with van der Waals surface area (Å²) in [4.78, 5) is 10.9. The first-order valence-electron chi connectivity index (χ1n) is 6.22. The van der Waals surface area contributed by atoms with Gasteiger partial charge in [-0.05, 0) is 37.5 Å². The van der Waals surface area contributed by atoms with Crippen LogP contribution in [0.3, 0.4) is 0 Å². The number of carboxylic acids is 1. The van der Waals surface area contributed by atoms with Crippen LogP contribution in [-0.2, 0) is 18.3 Å². The van der Waals surface area contributed by atoms with E-state index in [0.29, 0.717) is 5.69 Å². The van der Waals surface area contributed by atoms with Crippen LogP contribution in [0.1, 0.15) is 22.5 Å². The van der Waals surface area contributed by atoms with Gasteiger partial charge in [0.15, 0.2) is 0 Å². The zero-order chi connectivity index (χ0) is 14.2. The molecule has 0 amide bonds. The predicted molar refractivity (Wildman–Crippen MR) is 74.2 cm³/mol. The largest absolute Gasteiger partial charge is 0.481 e. The molecule has 4 nitrogen and oxygen atoms in total. The van der Waals surface area contributed by atoms with Gasteiger partial charge >= 0.3 is 5.97 Å². The maximum absolute atomic E-state index is 10.9. The molecule has 0 unspecified atom stereocenters. The lowest BCUT2D eigenvalue weighted by molar-refractivity contribution is -0.136. The quantitative estimate of drug-likeness (QED) is 0.920. The number of aliphatic carboxylic acids is 1. The predicted octanol–water partition coefficient (Wildman–Crippen LogP) is 2.64. The first-order valence-corrected chi connectivity index (χ1v) is 6.22. The van der Waals surface area contributed by atoms with Crippen LogP contribution < -0.4 is 0 Å². The van der Waals surface area contributed by atoms with Crippen molar-refractivity contribution in [3.63, 3.8) is 0 Å². The van der Waals surface area contributed by atoms with Gasteiger partial charge in [-0.1, -0.05) is 18.2 Å². The molecule has 100 valence electrons. The SMILES string of the molecule is Cc1ccc(-c2c(CC(=O)O)nn(C)c2C)cc1C. The number of nitrogens with zero attached hydrogens (tertiary/aromatic N) is 2. The molecule has 0 aliphatic heterocycles. The Morgan fingerprint density at radius 2 is 1.95 bits per heavy atom. The molecule has 0 spiro atoms. The van der Waals surface area contributed by atoms with Crippen molar-refractivity contribution in [2.24, 2.45) is 7.05 Å². The Morgan fingerprint density at radius 3 is 2.53 bits per heavy atom. The lowest BCUT2D eigenvalue weighted by Gasteiger charge is -2.07. The van der Waals surface area contributed by atoms with E-state index in [-0.39, 0.29) is 6.42 Å². The Bertz CT molecular complexity index is 642. The van der Waals surface area contributed by atoms with Crippen molar-refractivity contribution in [2.45, 2.75) is 27.2 Å². The smallest absolute Gasteiger partial charge is 0.309 e. The second kappa shape index (κ2) is 4.88. The Labute approximate surface area is 112 Å². The minimum absolute atomic E-state index is 0.0516. The summed E-state index contributed by atoms with van der Waals surface area (Å²) in [6, 6.07) is 6.17. The highest BCUT2D eigenvalue weighted by molar-refractivity contribution is 5.77. The second-order valence-electron chi connectivity index (χ2n) is 4.90. The average molecular weight is 258 g/mol. The molecule has 0 saturated carbocycles. The molecule has 0 aliphatic carbocycles. The highest BCUT2D eigenvalue weighted by Gasteiger charge is 2.17. The van der Waals surface area contributed by atoms with Gasteiger partial charge in [-0.3, -0.25) is 9.48 Å². The molecule has 1 aromatic carbocycles. The lowest BCUT2D eigenvalue weighted by Crippen LogP contribution is -2.02. The van der Waals surface area contributed by atoms with E-state index in [1.165, 1.54) is 11.1 Å². The van der Waals surface area contributed by atoms with E-state index in [2.05, 4.69) is 31.1 Å². The summed E-state index contributed by atoms with van der Waals surface area (Å²) in [7, 11) is 1.84. The van der Waals surface area contributed by atoms with E-state index in [1.807, 2.05) is 20.0 Å². The van der Waals surface area contributed by atoms with Crippen LogP contribution in [-0.4, -0.2) is 20.9 Å². The molecule has 0 aliphatic rings. The van der Waals surface area contributed by atoms with Gasteiger partial charge in [0.1, 0.15) is 0 Å². The van der Waals surface area contributed by atoms with E-state index in [4.69, 9.17) is 5.11 Å². The highest BCUT2D eigenvalue weighted by Crippen LogP contribution is 2.28. The minimum Gasteiger partial charge on any atom is -0.481 e. The monoisotopic (exact) mass is 258 g/mol. The van der Waals surface area contributed by atoms with Crippen molar-refractivity contribution in [3.05, 3.63) is 40.7 Å². The molecule has 0 atom stereocenters. The summed E-state index contributed by atoms with van der Waals surface area (Å²) in [5.74, 6) is -0.858. The van der Waals surface area contributed by atoms with Crippen molar-refractivity contribution in [1.29, 1.82) is 0 Å². The number of hydrogen-bond acceptors (Lipinski definition) is 2. The van der Waals surface area contributed by atoms with Crippen LogP contribution in [0.4, 0.5) is 0 Å². The first kappa shape index (κ1) is 13.3. The molecule has 0 fully saturated rings. The van der Waals surface area contributed by atoms with Crippen molar-refractivity contribution in [3.8, 4) is 11.1 Å². The summed E-state index contributed by atoms with van der Waals surface area (Å²) in [6.07, 6.45) is -0.0516. The van der Waals surface area contributed by atoms with Crippen molar-refractivity contribution >= 4 is 5.97 Å². The molecular formula is C15H18N2O2. The van der Waals surface area contributed by atoms with Crippen LogP contribution in [0.2, 0.25) is 0 Å². The van der Waals surface area contributed by atoms with E-state index < -0.39 is 5.97 Å².